The van der Waals surface area contributed by atoms with E-state index in [0.29, 0.717) is 11.0 Å². The van der Waals surface area contributed by atoms with Gasteiger partial charge in [-0.15, -0.1) is 0 Å². The first-order valence-electron chi connectivity index (χ1n) is 8.49. The predicted octanol–water partition coefficient (Wildman–Crippen LogP) is 2.27. The van der Waals surface area contributed by atoms with Crippen LogP contribution in [0.3, 0.4) is 0 Å². The molecule has 1 aliphatic carbocycles. The van der Waals surface area contributed by atoms with Gasteiger partial charge in [0.15, 0.2) is 5.11 Å². The van der Waals surface area contributed by atoms with Crippen molar-refractivity contribution in [2.45, 2.75) is 25.3 Å². The summed E-state index contributed by atoms with van der Waals surface area (Å²) < 4.78 is 5.28. The molecule has 0 bridgehead atoms. The Kier molecular flexibility index (Phi) is 4.14. The minimum atomic E-state index is 0.192. The van der Waals surface area contributed by atoms with Gasteiger partial charge in [0, 0.05) is 23.7 Å². The maximum Gasteiger partial charge on any atom is 0.171 e. The summed E-state index contributed by atoms with van der Waals surface area (Å²) in [6, 6.07) is 8.47. The maximum absolute atomic E-state index is 5.49. The highest BCUT2D eigenvalue weighted by molar-refractivity contribution is 7.80. The fourth-order valence-electron chi connectivity index (χ4n) is 3.88. The number of aliphatic imine (C=N–C) groups is 1. The van der Waals surface area contributed by atoms with Crippen molar-refractivity contribution in [1.29, 1.82) is 0 Å². The lowest BCUT2D eigenvalue weighted by Gasteiger charge is -2.40. The van der Waals surface area contributed by atoms with E-state index in [1.807, 2.05) is 12.1 Å². The van der Waals surface area contributed by atoms with Crippen LogP contribution in [0.25, 0.3) is 0 Å². The quantitative estimate of drug-likeness (QED) is 0.736. The number of thiocarbonyl (C=S) groups is 1. The Morgan fingerprint density at radius 3 is 2.79 bits per heavy atom. The molecule has 126 valence electrons. The molecule has 0 amide bonds. The average Bonchev–Trinajstić information content (AvgIpc) is 3.15. The summed E-state index contributed by atoms with van der Waals surface area (Å²) in [5.74, 6) is 2.32. The molecule has 1 aromatic rings. The second-order valence-electron chi connectivity index (χ2n) is 6.40. The summed E-state index contributed by atoms with van der Waals surface area (Å²) in [5.41, 5.74) is 3.80. The largest absolute Gasteiger partial charge is 0.497 e. The molecule has 0 radical (unpaired) electrons. The van der Waals surface area contributed by atoms with E-state index >= 15 is 0 Å². The first-order chi connectivity index (χ1) is 11.8. The lowest BCUT2D eigenvalue weighted by molar-refractivity contribution is 0.367. The Bertz CT molecular complexity index is 710. The molecule has 0 aromatic heterocycles. The summed E-state index contributed by atoms with van der Waals surface area (Å²) in [4.78, 5) is 4.62. The third-order valence-corrected chi connectivity index (χ3v) is 5.23. The van der Waals surface area contributed by atoms with Crippen LogP contribution in [0.2, 0.25) is 0 Å². The molecule has 24 heavy (non-hydrogen) atoms. The van der Waals surface area contributed by atoms with E-state index in [0.717, 1.165) is 37.5 Å². The van der Waals surface area contributed by atoms with Crippen molar-refractivity contribution >= 4 is 23.2 Å². The Balaban J connectivity index is 1.70. The van der Waals surface area contributed by atoms with Crippen LogP contribution in [-0.2, 0) is 0 Å². The van der Waals surface area contributed by atoms with E-state index in [1.165, 1.54) is 23.3 Å². The lowest BCUT2D eigenvalue weighted by atomic mass is 9.78. The minimum Gasteiger partial charge on any atom is -0.497 e. The highest BCUT2D eigenvalue weighted by atomic mass is 32.1. The van der Waals surface area contributed by atoms with Crippen LogP contribution < -0.4 is 20.7 Å². The minimum absolute atomic E-state index is 0.192. The van der Waals surface area contributed by atoms with Crippen molar-refractivity contribution in [2.75, 3.05) is 20.2 Å². The molecule has 2 unspecified atom stereocenters. The van der Waals surface area contributed by atoms with Crippen LogP contribution in [0.4, 0.5) is 0 Å². The van der Waals surface area contributed by atoms with Crippen LogP contribution >= 0.6 is 12.2 Å². The van der Waals surface area contributed by atoms with Crippen LogP contribution in [0.1, 0.15) is 30.9 Å². The number of fused-ring (bicyclic) bond motifs is 1. The zero-order valence-corrected chi connectivity index (χ0v) is 14.6. The molecule has 2 atom stereocenters. The average molecular weight is 342 g/mol. The first kappa shape index (κ1) is 15.4. The second-order valence-corrected chi connectivity index (χ2v) is 6.81. The normalized spacial score (nSPS) is 26.0. The van der Waals surface area contributed by atoms with Crippen molar-refractivity contribution in [3.05, 3.63) is 41.1 Å². The number of nitrogens with zero attached hydrogens (tertiary/aromatic N) is 1. The van der Waals surface area contributed by atoms with Crippen molar-refractivity contribution in [3.63, 3.8) is 0 Å². The summed E-state index contributed by atoms with van der Waals surface area (Å²) in [6.07, 6.45) is 3.38. The maximum atomic E-state index is 5.49. The first-order valence-corrected chi connectivity index (χ1v) is 8.90. The monoisotopic (exact) mass is 342 g/mol. The molecule has 3 N–H and O–H groups in total. The number of methoxy groups -OCH3 is 1. The number of rotatable bonds is 3. The van der Waals surface area contributed by atoms with Crippen LogP contribution in [0.15, 0.2) is 40.5 Å². The molecule has 2 heterocycles. The molecule has 0 saturated carbocycles. The van der Waals surface area contributed by atoms with Gasteiger partial charge in [-0.05, 0) is 49.2 Å². The van der Waals surface area contributed by atoms with Gasteiger partial charge in [-0.1, -0.05) is 12.1 Å². The molecule has 3 aliphatic rings. The molecule has 1 fully saturated rings. The summed E-state index contributed by atoms with van der Waals surface area (Å²) >= 11 is 5.49. The van der Waals surface area contributed by atoms with E-state index in [9.17, 15) is 0 Å². The molecule has 5 nitrogen and oxygen atoms in total. The summed E-state index contributed by atoms with van der Waals surface area (Å²) in [5, 5.41) is 11.0. The lowest BCUT2D eigenvalue weighted by Crippen LogP contribution is -2.50. The van der Waals surface area contributed by atoms with Crippen LogP contribution in [-0.4, -0.2) is 31.1 Å². The zero-order valence-electron chi connectivity index (χ0n) is 13.8. The van der Waals surface area contributed by atoms with Gasteiger partial charge in [-0.2, -0.15) is 0 Å². The highest BCUT2D eigenvalue weighted by Gasteiger charge is 2.37. The zero-order chi connectivity index (χ0) is 16.5. The molecule has 4 rings (SSSR count). The van der Waals surface area contributed by atoms with Gasteiger partial charge in [-0.3, -0.25) is 4.99 Å². The SMILES string of the molecule is COc1ccc(C2NC(=S)NC3=C(C4=NCCN4)CCCC32)cc1. The van der Waals surface area contributed by atoms with Crippen molar-refractivity contribution in [3.8, 4) is 5.75 Å². The van der Waals surface area contributed by atoms with Crippen molar-refractivity contribution < 1.29 is 4.74 Å². The van der Waals surface area contributed by atoms with E-state index in [2.05, 4.69) is 33.1 Å². The third-order valence-electron chi connectivity index (χ3n) is 5.01. The number of benzene rings is 1. The van der Waals surface area contributed by atoms with Gasteiger partial charge in [0.2, 0.25) is 0 Å². The van der Waals surface area contributed by atoms with E-state index < -0.39 is 0 Å². The fraction of sp³-hybridized carbons (Fsp3) is 0.444. The molecule has 0 spiro atoms. The van der Waals surface area contributed by atoms with E-state index in [4.69, 9.17) is 17.0 Å². The molecule has 2 aliphatic heterocycles. The topological polar surface area (TPSA) is 57.7 Å². The Morgan fingerprint density at radius 1 is 1.25 bits per heavy atom. The van der Waals surface area contributed by atoms with Gasteiger partial charge in [0.05, 0.1) is 19.7 Å². The van der Waals surface area contributed by atoms with Crippen molar-refractivity contribution in [2.24, 2.45) is 10.9 Å². The summed E-state index contributed by atoms with van der Waals surface area (Å²) in [6.45, 7) is 1.79. The highest BCUT2D eigenvalue weighted by Crippen LogP contribution is 2.40. The molecule has 6 heteroatoms. The Labute approximate surface area is 147 Å². The number of hydrogen-bond acceptors (Lipinski definition) is 4. The van der Waals surface area contributed by atoms with Gasteiger partial charge < -0.3 is 20.7 Å². The molecule has 1 aromatic carbocycles. The number of amidine groups is 1. The molecule has 1 saturated heterocycles. The smallest absolute Gasteiger partial charge is 0.171 e. The van der Waals surface area contributed by atoms with E-state index in [1.54, 1.807) is 7.11 Å². The molecular weight excluding hydrogens is 320 g/mol. The van der Waals surface area contributed by atoms with Crippen LogP contribution in [0.5, 0.6) is 5.75 Å². The molecular formula is C18H22N4OS. The number of ether oxygens (including phenoxy) is 1. The summed E-state index contributed by atoms with van der Waals surface area (Å²) in [7, 11) is 1.69. The fourth-order valence-corrected chi connectivity index (χ4v) is 4.11. The van der Waals surface area contributed by atoms with Gasteiger partial charge in [0.1, 0.15) is 11.6 Å². The third kappa shape index (κ3) is 2.75. The van der Waals surface area contributed by atoms with Gasteiger partial charge in [0.25, 0.3) is 0 Å². The number of nitrogens with one attached hydrogen (secondary N) is 3. The second kappa shape index (κ2) is 6.43. The number of hydrogen-bond donors (Lipinski definition) is 3. The standard InChI is InChI=1S/C18H22N4OS/c1-23-12-7-5-11(6-8-12)15-13-3-2-4-14(17-19-9-10-20-17)16(13)22-18(24)21-15/h5-8,13,15H,2-4,9-10H2,1H3,(H,19,20)(H2,21,22,24). The van der Waals surface area contributed by atoms with Crippen LogP contribution in [0, 0.1) is 5.92 Å². The predicted molar refractivity (Wildman–Crippen MR) is 99.3 cm³/mol. The Morgan fingerprint density at radius 2 is 2.08 bits per heavy atom. The van der Waals surface area contributed by atoms with Gasteiger partial charge in [-0.25, -0.2) is 0 Å². The van der Waals surface area contributed by atoms with Crippen molar-refractivity contribution in [1.82, 2.24) is 16.0 Å². The Hall–Kier alpha value is -2.08. The van der Waals surface area contributed by atoms with E-state index in [-0.39, 0.29) is 6.04 Å². The van der Waals surface area contributed by atoms with Gasteiger partial charge >= 0.3 is 0 Å².